The lowest BCUT2D eigenvalue weighted by atomic mass is 10.2. The number of aliphatic imine (C=N–C) groups is 1. The predicted molar refractivity (Wildman–Crippen MR) is 126 cm³/mol. The van der Waals surface area contributed by atoms with Gasteiger partial charge in [0.2, 0.25) is 0 Å². The summed E-state index contributed by atoms with van der Waals surface area (Å²) in [7, 11) is 1.30. The monoisotopic (exact) mass is 467 g/mol. The highest BCUT2D eigenvalue weighted by Crippen LogP contribution is 2.40. The number of aryl methyl sites for hydroxylation is 1. The normalized spacial score (nSPS) is 28.6. The van der Waals surface area contributed by atoms with Crippen molar-refractivity contribution in [2.45, 2.75) is 50.4 Å². The molecule has 6 rings (SSSR count). The fourth-order valence-corrected chi connectivity index (χ4v) is 5.04. The average molecular weight is 468 g/mol. The molecule has 0 radical (unpaired) electrons. The molecule has 3 atom stereocenters. The molecular formula is C23H28N8O3. The molecule has 3 N–H and O–H groups in total. The first kappa shape index (κ1) is 17.7. The van der Waals surface area contributed by atoms with Gasteiger partial charge in [-0.1, -0.05) is 0 Å². The molecule has 0 bridgehead atoms. The lowest BCUT2D eigenvalue weighted by Gasteiger charge is -2.31. The summed E-state index contributed by atoms with van der Waals surface area (Å²) in [6, 6.07) is 1.18. The van der Waals surface area contributed by atoms with Gasteiger partial charge in [0, 0.05) is 41.4 Å². The Morgan fingerprint density at radius 1 is 1.32 bits per heavy atom. The van der Waals surface area contributed by atoms with Crippen molar-refractivity contribution >= 4 is 28.8 Å². The number of amides is 1. The van der Waals surface area contributed by atoms with Gasteiger partial charge in [-0.25, -0.2) is 19.6 Å². The maximum Gasteiger partial charge on any atom is 0.407 e. The number of nitrogens with zero attached hydrogens (tertiary/aromatic N) is 5. The maximum atomic E-state index is 13.4. The van der Waals surface area contributed by atoms with E-state index >= 15 is 0 Å². The van der Waals surface area contributed by atoms with E-state index in [4.69, 9.17) is 8.85 Å². The van der Waals surface area contributed by atoms with Crippen LogP contribution in [0.5, 0.6) is 0 Å². The second-order valence-electron chi connectivity index (χ2n) is 9.11. The number of hydrazine groups is 1. The fourth-order valence-electron chi connectivity index (χ4n) is 5.04. The Morgan fingerprint density at radius 2 is 2.21 bits per heavy atom. The number of allylic oxidation sites excluding steroid dienone is 1. The summed E-state index contributed by atoms with van der Waals surface area (Å²) >= 11 is 0. The first-order valence-electron chi connectivity index (χ1n) is 13.0. The maximum absolute atomic E-state index is 13.4. The van der Waals surface area contributed by atoms with Crippen molar-refractivity contribution in [3.05, 3.63) is 46.8 Å². The molecular weight excluding hydrogens is 436 g/mol. The number of carbonyl (C=O) groups is 1. The lowest BCUT2D eigenvalue weighted by Crippen LogP contribution is -2.50. The molecule has 1 unspecified atom stereocenters. The molecule has 2 aliphatic carbocycles. The molecule has 4 heterocycles. The molecule has 11 heteroatoms. The van der Waals surface area contributed by atoms with Crippen molar-refractivity contribution in [2.75, 3.05) is 7.11 Å². The molecule has 2 saturated carbocycles. The number of ether oxygens (including phenoxy) is 1. The Labute approximate surface area is 200 Å². The number of hydrogen-bond donors (Lipinski definition) is 3. The van der Waals surface area contributed by atoms with Crippen molar-refractivity contribution < 1.29 is 13.6 Å². The van der Waals surface area contributed by atoms with E-state index in [9.17, 15) is 9.59 Å². The zero-order chi connectivity index (χ0) is 25.9. The standard InChI is InChI=1S/C23H28N8O3/c1-29-18-12-24-20(27-19-7-8-21-25-11-17(13-3-4-13)31(21)28-19)10-16(18)30(23(29)33)15-6-5-14(9-15)26-22(32)34-2/h7-8,10-15,21,25H,3-6,9H2,1-2H3,(H,26,32)(H,24,27,28)/t14-,15-,21?/m1/s1/i1D3. The van der Waals surface area contributed by atoms with Gasteiger partial charge in [0.05, 0.1) is 30.0 Å². The predicted octanol–water partition coefficient (Wildman–Crippen LogP) is 1.77. The summed E-state index contributed by atoms with van der Waals surface area (Å²) in [6.07, 6.45) is 10.8. The minimum atomic E-state index is -2.67. The van der Waals surface area contributed by atoms with Crippen LogP contribution in [0.3, 0.4) is 0 Å². The van der Waals surface area contributed by atoms with Crippen LogP contribution >= 0.6 is 0 Å². The fraction of sp³-hybridized carbons (Fsp3) is 0.478. The Bertz CT molecular complexity index is 1400. The zero-order valence-corrected chi connectivity index (χ0v) is 18.7. The highest BCUT2D eigenvalue weighted by atomic mass is 16.5. The van der Waals surface area contributed by atoms with E-state index in [0.29, 0.717) is 42.4 Å². The number of methoxy groups -OCH3 is 1. The SMILES string of the molecule is [2H]C([2H])([2H])n1c(=O)n([C@@H]2CC[C@@H](NC(=O)OC)C2)c2cc(N=C3C=CC4NC=C(C5CC5)N4N3)ncc21. The van der Waals surface area contributed by atoms with Crippen LogP contribution in [0.15, 0.2) is 46.1 Å². The Morgan fingerprint density at radius 3 is 3.00 bits per heavy atom. The van der Waals surface area contributed by atoms with Gasteiger partial charge in [0.25, 0.3) is 0 Å². The van der Waals surface area contributed by atoms with Gasteiger partial charge in [0.15, 0.2) is 5.82 Å². The number of hydrogen-bond acceptors (Lipinski definition) is 7. The molecule has 4 aliphatic rings. The molecule has 178 valence electrons. The summed E-state index contributed by atoms with van der Waals surface area (Å²) in [5.41, 5.74) is 4.56. The number of aromatic nitrogens is 3. The minimum Gasteiger partial charge on any atom is -0.453 e. The number of nitrogens with one attached hydrogen (secondary N) is 3. The summed E-state index contributed by atoms with van der Waals surface area (Å²) in [4.78, 5) is 34.1. The van der Waals surface area contributed by atoms with Gasteiger partial charge < -0.3 is 15.4 Å². The molecule has 2 aromatic heterocycles. The van der Waals surface area contributed by atoms with Crippen LogP contribution in [0.2, 0.25) is 0 Å². The number of pyridine rings is 1. The average Bonchev–Trinajstić information content (AvgIpc) is 3.32. The smallest absolute Gasteiger partial charge is 0.407 e. The Kier molecular flexibility index (Phi) is 4.12. The molecule has 34 heavy (non-hydrogen) atoms. The molecule has 11 nitrogen and oxygen atoms in total. The first-order valence-corrected chi connectivity index (χ1v) is 11.5. The third-order valence-electron chi connectivity index (χ3n) is 6.88. The van der Waals surface area contributed by atoms with Gasteiger partial charge in [-0.05, 0) is 44.3 Å². The van der Waals surface area contributed by atoms with E-state index in [-0.39, 0.29) is 23.8 Å². The highest BCUT2D eigenvalue weighted by molar-refractivity contribution is 5.95. The highest BCUT2D eigenvalue weighted by Gasteiger charge is 2.37. The number of alkyl carbamates (subject to hydrolysis) is 1. The van der Waals surface area contributed by atoms with Gasteiger partial charge >= 0.3 is 11.8 Å². The van der Waals surface area contributed by atoms with Crippen molar-refractivity contribution in [1.29, 1.82) is 0 Å². The minimum absolute atomic E-state index is 0.0254. The van der Waals surface area contributed by atoms with Gasteiger partial charge in [-0.2, -0.15) is 0 Å². The van der Waals surface area contributed by atoms with Gasteiger partial charge in [-0.3, -0.25) is 19.6 Å². The van der Waals surface area contributed by atoms with E-state index in [0.717, 1.165) is 4.57 Å². The number of carbonyl (C=O) groups excluding carboxylic acids is 1. The van der Waals surface area contributed by atoms with Crippen LogP contribution in [0.1, 0.15) is 42.3 Å². The molecule has 0 spiro atoms. The number of amidine groups is 1. The molecule has 0 saturated heterocycles. The van der Waals surface area contributed by atoms with Crippen LogP contribution in [-0.4, -0.2) is 50.4 Å². The van der Waals surface area contributed by atoms with E-state index in [2.05, 4.69) is 31.0 Å². The topological polar surface area (TPSA) is 118 Å². The largest absolute Gasteiger partial charge is 0.453 e. The number of fused-ring (bicyclic) bond motifs is 2. The van der Waals surface area contributed by atoms with Crippen LogP contribution in [0.25, 0.3) is 11.0 Å². The van der Waals surface area contributed by atoms with Crippen LogP contribution in [0.4, 0.5) is 10.6 Å². The van der Waals surface area contributed by atoms with Crippen molar-refractivity contribution in [3.63, 3.8) is 0 Å². The van der Waals surface area contributed by atoms with Crippen LogP contribution in [0, 0.1) is 5.92 Å². The van der Waals surface area contributed by atoms with Gasteiger partial charge in [0.1, 0.15) is 12.0 Å². The van der Waals surface area contributed by atoms with Crippen molar-refractivity contribution in [1.82, 2.24) is 35.2 Å². The summed E-state index contributed by atoms with van der Waals surface area (Å²) < 4.78 is 30.8. The summed E-state index contributed by atoms with van der Waals surface area (Å²) in [5, 5.41) is 8.17. The second kappa shape index (κ2) is 7.93. The van der Waals surface area contributed by atoms with Gasteiger partial charge in [-0.15, -0.1) is 0 Å². The molecule has 2 aromatic rings. The molecule has 2 fully saturated rings. The van der Waals surface area contributed by atoms with Crippen LogP contribution < -0.4 is 21.7 Å². The summed E-state index contributed by atoms with van der Waals surface area (Å²) in [5.74, 6) is 1.48. The zero-order valence-electron chi connectivity index (χ0n) is 21.7. The van der Waals surface area contributed by atoms with Crippen LogP contribution in [-0.2, 0) is 11.7 Å². The van der Waals surface area contributed by atoms with E-state index in [1.807, 2.05) is 18.4 Å². The Hall–Kier alpha value is -3.76. The number of rotatable bonds is 4. The third-order valence-corrected chi connectivity index (χ3v) is 6.88. The van der Waals surface area contributed by atoms with Crippen molar-refractivity contribution in [2.24, 2.45) is 17.9 Å². The number of imidazole rings is 1. The summed E-state index contributed by atoms with van der Waals surface area (Å²) in [6.45, 7) is -2.67. The van der Waals surface area contributed by atoms with E-state index < -0.39 is 18.8 Å². The molecule has 0 aromatic carbocycles. The third kappa shape index (κ3) is 3.51. The second-order valence-corrected chi connectivity index (χ2v) is 9.11. The quantitative estimate of drug-likeness (QED) is 0.627. The van der Waals surface area contributed by atoms with E-state index in [1.165, 1.54) is 36.4 Å². The lowest BCUT2D eigenvalue weighted by molar-refractivity contribution is 0.166. The van der Waals surface area contributed by atoms with Crippen molar-refractivity contribution in [3.8, 4) is 0 Å². The van der Waals surface area contributed by atoms with E-state index in [1.54, 1.807) is 6.07 Å². The first-order chi connectivity index (χ1) is 17.7. The molecule has 2 aliphatic heterocycles. The Balaban J connectivity index is 1.35. The molecule has 1 amide bonds.